The maximum atomic E-state index is 12.8. The summed E-state index contributed by atoms with van der Waals surface area (Å²) in [6, 6.07) is 13.2. The van der Waals surface area contributed by atoms with Crippen molar-refractivity contribution in [3.05, 3.63) is 59.9 Å². The molecule has 26 heavy (non-hydrogen) atoms. The molecular formula is C20H20FNO4. The van der Waals surface area contributed by atoms with Gasteiger partial charge in [0.15, 0.2) is 0 Å². The summed E-state index contributed by atoms with van der Waals surface area (Å²) in [6.07, 6.45) is 0.144. The molecule has 136 valence electrons. The Balaban J connectivity index is 1.45. The van der Waals surface area contributed by atoms with Gasteiger partial charge in [0, 0.05) is 18.7 Å². The third kappa shape index (κ3) is 4.39. The van der Waals surface area contributed by atoms with Gasteiger partial charge in [-0.15, -0.1) is 0 Å². The molecule has 0 spiro atoms. The summed E-state index contributed by atoms with van der Waals surface area (Å²) < 4.78 is 23.4. The Hall–Kier alpha value is -2.89. The van der Waals surface area contributed by atoms with Crippen LogP contribution in [-0.2, 0) is 14.3 Å². The van der Waals surface area contributed by atoms with Crippen LogP contribution in [0.25, 0.3) is 0 Å². The van der Waals surface area contributed by atoms with Crippen LogP contribution in [0.4, 0.5) is 10.1 Å². The van der Waals surface area contributed by atoms with Gasteiger partial charge in [-0.2, -0.15) is 0 Å². The molecule has 0 N–H and O–H groups in total. The lowest BCUT2D eigenvalue weighted by Crippen LogP contribution is -2.26. The summed E-state index contributed by atoms with van der Waals surface area (Å²) >= 11 is 0. The van der Waals surface area contributed by atoms with Crippen molar-refractivity contribution in [2.75, 3.05) is 24.7 Å². The summed E-state index contributed by atoms with van der Waals surface area (Å²) in [5.41, 5.74) is 1.90. The number of amides is 1. The molecule has 1 aliphatic rings. The first-order valence-electron chi connectivity index (χ1n) is 8.45. The Labute approximate surface area is 151 Å². The first kappa shape index (κ1) is 17.9. The summed E-state index contributed by atoms with van der Waals surface area (Å²) in [4.78, 5) is 26.0. The highest BCUT2D eigenvalue weighted by molar-refractivity contribution is 5.99. The second-order valence-corrected chi connectivity index (χ2v) is 6.21. The number of rotatable bonds is 6. The van der Waals surface area contributed by atoms with Gasteiger partial charge in [0.1, 0.15) is 24.8 Å². The van der Waals surface area contributed by atoms with Gasteiger partial charge < -0.3 is 14.4 Å². The highest BCUT2D eigenvalue weighted by Gasteiger charge is 2.36. The Bertz CT molecular complexity index is 773. The van der Waals surface area contributed by atoms with Crippen molar-refractivity contribution in [2.24, 2.45) is 5.92 Å². The van der Waals surface area contributed by atoms with E-state index >= 15 is 0 Å². The number of ether oxygens (including phenoxy) is 2. The number of carbonyl (C=O) groups excluding carboxylic acids is 2. The number of carbonyl (C=O) groups is 2. The van der Waals surface area contributed by atoms with Gasteiger partial charge >= 0.3 is 5.97 Å². The molecule has 1 aliphatic heterocycles. The molecule has 2 aromatic carbocycles. The number of anilines is 1. The van der Waals surface area contributed by atoms with Crippen molar-refractivity contribution in [3.8, 4) is 5.75 Å². The second kappa shape index (κ2) is 7.99. The summed E-state index contributed by atoms with van der Waals surface area (Å²) in [6.45, 7) is 2.54. The number of aryl methyl sites for hydroxylation is 1. The Morgan fingerprint density at radius 1 is 1.12 bits per heavy atom. The van der Waals surface area contributed by atoms with Crippen LogP contribution in [0.15, 0.2) is 48.5 Å². The second-order valence-electron chi connectivity index (χ2n) is 6.21. The molecule has 0 bridgehead atoms. The van der Waals surface area contributed by atoms with Gasteiger partial charge in [-0.05, 0) is 43.3 Å². The standard InChI is InChI=1S/C20H20FNO4/c1-14-2-6-17(7-3-14)22-13-15(12-19(22)23)20(24)26-11-10-25-18-8-4-16(21)5-9-18/h2-9,15H,10-13H2,1H3. The van der Waals surface area contributed by atoms with E-state index in [2.05, 4.69) is 0 Å². The van der Waals surface area contributed by atoms with Crippen molar-refractivity contribution in [1.82, 2.24) is 0 Å². The summed E-state index contributed by atoms with van der Waals surface area (Å²) in [5, 5.41) is 0. The average molecular weight is 357 g/mol. The molecule has 1 atom stereocenters. The average Bonchev–Trinajstić information content (AvgIpc) is 3.02. The van der Waals surface area contributed by atoms with Crippen LogP contribution in [0, 0.1) is 18.7 Å². The first-order valence-corrected chi connectivity index (χ1v) is 8.45. The molecule has 1 unspecified atom stereocenters. The van der Waals surface area contributed by atoms with Crippen LogP contribution >= 0.6 is 0 Å². The van der Waals surface area contributed by atoms with E-state index in [0.29, 0.717) is 12.3 Å². The summed E-state index contributed by atoms with van der Waals surface area (Å²) in [5.74, 6) is -0.805. The fourth-order valence-corrected chi connectivity index (χ4v) is 2.79. The monoisotopic (exact) mass is 357 g/mol. The van der Waals surface area contributed by atoms with Crippen LogP contribution in [0.2, 0.25) is 0 Å². The van der Waals surface area contributed by atoms with Gasteiger partial charge in [-0.1, -0.05) is 17.7 Å². The first-order chi connectivity index (χ1) is 12.5. The van der Waals surface area contributed by atoms with Crippen molar-refractivity contribution in [2.45, 2.75) is 13.3 Å². The zero-order valence-corrected chi connectivity index (χ0v) is 14.5. The molecule has 6 heteroatoms. The molecule has 2 aromatic rings. The molecule has 0 aromatic heterocycles. The normalized spacial score (nSPS) is 16.6. The van der Waals surface area contributed by atoms with E-state index in [1.165, 1.54) is 24.3 Å². The van der Waals surface area contributed by atoms with Gasteiger partial charge in [0.05, 0.1) is 5.92 Å². The molecule has 1 saturated heterocycles. The van der Waals surface area contributed by atoms with Crippen LogP contribution in [-0.4, -0.2) is 31.6 Å². The topological polar surface area (TPSA) is 55.8 Å². The zero-order valence-electron chi connectivity index (χ0n) is 14.5. The lowest BCUT2D eigenvalue weighted by Gasteiger charge is -2.16. The maximum Gasteiger partial charge on any atom is 0.311 e. The number of halogens is 1. The largest absolute Gasteiger partial charge is 0.490 e. The summed E-state index contributed by atoms with van der Waals surface area (Å²) in [7, 11) is 0. The predicted molar refractivity (Wildman–Crippen MR) is 94.5 cm³/mol. The molecule has 0 saturated carbocycles. The van der Waals surface area contributed by atoms with Crippen molar-refractivity contribution in [1.29, 1.82) is 0 Å². The van der Waals surface area contributed by atoms with Gasteiger partial charge in [0.25, 0.3) is 0 Å². The van der Waals surface area contributed by atoms with Crippen molar-refractivity contribution < 1.29 is 23.5 Å². The number of benzene rings is 2. The van der Waals surface area contributed by atoms with Gasteiger partial charge in [0.2, 0.25) is 5.91 Å². The molecule has 3 rings (SSSR count). The highest BCUT2D eigenvalue weighted by Crippen LogP contribution is 2.26. The van der Waals surface area contributed by atoms with E-state index in [-0.39, 0.29) is 31.4 Å². The van der Waals surface area contributed by atoms with Gasteiger partial charge in [-0.3, -0.25) is 9.59 Å². The molecular weight excluding hydrogens is 337 g/mol. The minimum atomic E-state index is -0.477. The molecule has 1 heterocycles. The lowest BCUT2D eigenvalue weighted by atomic mass is 10.1. The molecule has 1 amide bonds. The van der Waals surface area contributed by atoms with E-state index in [1.807, 2.05) is 31.2 Å². The Morgan fingerprint density at radius 3 is 2.50 bits per heavy atom. The van der Waals surface area contributed by atoms with Crippen LogP contribution in [0.1, 0.15) is 12.0 Å². The van der Waals surface area contributed by atoms with E-state index in [9.17, 15) is 14.0 Å². The third-order valence-corrected chi connectivity index (χ3v) is 4.21. The minimum Gasteiger partial charge on any atom is -0.490 e. The Kier molecular flexibility index (Phi) is 5.51. The highest BCUT2D eigenvalue weighted by atomic mass is 19.1. The quantitative estimate of drug-likeness (QED) is 0.589. The fourth-order valence-electron chi connectivity index (χ4n) is 2.79. The lowest BCUT2D eigenvalue weighted by molar-refractivity contribution is -0.149. The van der Waals surface area contributed by atoms with E-state index < -0.39 is 11.9 Å². The molecule has 0 aliphatic carbocycles. The number of hydrogen-bond acceptors (Lipinski definition) is 4. The SMILES string of the molecule is Cc1ccc(N2CC(C(=O)OCCOc3ccc(F)cc3)CC2=O)cc1. The van der Waals surface area contributed by atoms with Crippen LogP contribution in [0.3, 0.4) is 0 Å². The number of esters is 1. The zero-order chi connectivity index (χ0) is 18.5. The van der Waals surface area contributed by atoms with Crippen LogP contribution in [0.5, 0.6) is 5.75 Å². The fraction of sp³-hybridized carbons (Fsp3) is 0.300. The van der Waals surface area contributed by atoms with E-state index in [1.54, 1.807) is 4.90 Å². The van der Waals surface area contributed by atoms with Crippen molar-refractivity contribution in [3.63, 3.8) is 0 Å². The van der Waals surface area contributed by atoms with Crippen molar-refractivity contribution >= 4 is 17.6 Å². The van der Waals surface area contributed by atoms with Crippen LogP contribution < -0.4 is 9.64 Å². The molecule has 0 radical (unpaired) electrons. The Morgan fingerprint density at radius 2 is 1.81 bits per heavy atom. The number of nitrogens with zero attached hydrogens (tertiary/aromatic N) is 1. The van der Waals surface area contributed by atoms with Gasteiger partial charge in [-0.25, -0.2) is 4.39 Å². The maximum absolute atomic E-state index is 12.8. The van der Waals surface area contributed by atoms with E-state index in [0.717, 1.165) is 11.3 Å². The molecule has 1 fully saturated rings. The number of hydrogen-bond donors (Lipinski definition) is 0. The smallest absolute Gasteiger partial charge is 0.311 e. The third-order valence-electron chi connectivity index (χ3n) is 4.21. The minimum absolute atomic E-state index is 0.0748. The predicted octanol–water partition coefficient (Wildman–Crippen LogP) is 3.11. The molecule has 5 nitrogen and oxygen atoms in total. The van der Waals surface area contributed by atoms with E-state index in [4.69, 9.17) is 9.47 Å².